The van der Waals surface area contributed by atoms with Crippen molar-refractivity contribution in [2.75, 3.05) is 11.1 Å². The van der Waals surface area contributed by atoms with Gasteiger partial charge in [0, 0.05) is 0 Å². The lowest BCUT2D eigenvalue weighted by Gasteiger charge is -2.07. The summed E-state index contributed by atoms with van der Waals surface area (Å²) in [6.45, 7) is 1.56. The minimum absolute atomic E-state index is 0.0718. The number of aryl methyl sites for hydroxylation is 1. The summed E-state index contributed by atoms with van der Waals surface area (Å²) >= 11 is 0. The van der Waals surface area contributed by atoms with Gasteiger partial charge in [0.2, 0.25) is 11.9 Å². The number of hydrogen-bond donors (Lipinski definition) is 2. The van der Waals surface area contributed by atoms with Crippen molar-refractivity contribution in [2.24, 2.45) is 0 Å². The number of halogens is 1. The van der Waals surface area contributed by atoms with Crippen LogP contribution in [0.15, 0.2) is 24.5 Å². The fraction of sp³-hybridized carbons (Fsp3) is 0.182. The first-order valence-electron chi connectivity index (χ1n) is 5.26. The van der Waals surface area contributed by atoms with Crippen LogP contribution in [-0.2, 0) is 11.3 Å². The van der Waals surface area contributed by atoms with E-state index < -0.39 is 11.7 Å². The van der Waals surface area contributed by atoms with Gasteiger partial charge in [0.25, 0.3) is 0 Å². The number of nitrogens with one attached hydrogen (secondary N) is 1. The highest BCUT2D eigenvalue weighted by Gasteiger charge is 2.09. The molecule has 0 saturated carbocycles. The van der Waals surface area contributed by atoms with E-state index in [4.69, 9.17) is 5.73 Å². The van der Waals surface area contributed by atoms with Crippen molar-refractivity contribution in [1.29, 1.82) is 0 Å². The number of nitrogen functional groups attached to an aromatic ring is 1. The molecule has 0 spiro atoms. The lowest BCUT2D eigenvalue weighted by atomic mass is 10.2. The predicted octanol–water partition coefficient (Wildman–Crippen LogP) is 0.947. The summed E-state index contributed by atoms with van der Waals surface area (Å²) in [6.07, 6.45) is 1.33. The van der Waals surface area contributed by atoms with Crippen molar-refractivity contribution in [3.05, 3.63) is 35.9 Å². The SMILES string of the molecule is Cc1cccc(NC(=O)Cn2cnc(N)n2)c1F. The van der Waals surface area contributed by atoms with E-state index in [1.165, 1.54) is 17.1 Å². The molecule has 0 unspecified atom stereocenters. The predicted molar refractivity (Wildman–Crippen MR) is 64.2 cm³/mol. The zero-order chi connectivity index (χ0) is 13.1. The minimum atomic E-state index is -0.441. The van der Waals surface area contributed by atoms with Crippen molar-refractivity contribution in [2.45, 2.75) is 13.5 Å². The molecule has 0 aliphatic rings. The van der Waals surface area contributed by atoms with Gasteiger partial charge in [0.1, 0.15) is 18.7 Å². The highest BCUT2D eigenvalue weighted by Crippen LogP contribution is 2.16. The molecule has 0 fully saturated rings. The largest absolute Gasteiger partial charge is 0.367 e. The van der Waals surface area contributed by atoms with Crippen LogP contribution in [0, 0.1) is 12.7 Å². The average molecular weight is 249 g/mol. The molecule has 1 amide bonds. The second-order valence-corrected chi connectivity index (χ2v) is 3.78. The van der Waals surface area contributed by atoms with E-state index in [0.29, 0.717) is 5.56 Å². The summed E-state index contributed by atoms with van der Waals surface area (Å²) in [5.74, 6) is -0.752. The molecule has 0 saturated heterocycles. The minimum Gasteiger partial charge on any atom is -0.367 e. The van der Waals surface area contributed by atoms with Gasteiger partial charge in [-0.25, -0.2) is 14.1 Å². The van der Waals surface area contributed by atoms with Gasteiger partial charge >= 0.3 is 0 Å². The highest BCUT2D eigenvalue weighted by atomic mass is 19.1. The van der Waals surface area contributed by atoms with E-state index >= 15 is 0 Å². The molecule has 0 aliphatic carbocycles. The zero-order valence-corrected chi connectivity index (χ0v) is 9.72. The molecule has 3 N–H and O–H groups in total. The molecule has 1 aromatic heterocycles. The van der Waals surface area contributed by atoms with E-state index in [2.05, 4.69) is 15.4 Å². The Hall–Kier alpha value is -2.44. The van der Waals surface area contributed by atoms with Gasteiger partial charge in [-0.05, 0) is 18.6 Å². The Labute approximate surface area is 103 Å². The summed E-state index contributed by atoms with van der Waals surface area (Å²) in [5, 5.41) is 6.23. The van der Waals surface area contributed by atoms with Gasteiger partial charge in [-0.2, -0.15) is 0 Å². The molecule has 1 aromatic carbocycles. The van der Waals surface area contributed by atoms with Crippen LogP contribution in [0.2, 0.25) is 0 Å². The van der Waals surface area contributed by atoms with Crippen LogP contribution in [0.5, 0.6) is 0 Å². The number of carbonyl (C=O) groups is 1. The third-order valence-corrected chi connectivity index (χ3v) is 2.33. The Morgan fingerprint density at radius 2 is 2.33 bits per heavy atom. The van der Waals surface area contributed by atoms with Gasteiger partial charge in [-0.3, -0.25) is 4.79 Å². The smallest absolute Gasteiger partial charge is 0.246 e. The number of carbonyl (C=O) groups excluding carboxylic acids is 1. The summed E-state index contributed by atoms with van der Waals surface area (Å²) in [6, 6.07) is 4.79. The van der Waals surface area contributed by atoms with E-state index in [9.17, 15) is 9.18 Å². The highest BCUT2D eigenvalue weighted by molar-refractivity contribution is 5.90. The Morgan fingerprint density at radius 1 is 1.56 bits per heavy atom. The van der Waals surface area contributed by atoms with Crippen molar-refractivity contribution >= 4 is 17.5 Å². The van der Waals surface area contributed by atoms with Crippen molar-refractivity contribution in [3.63, 3.8) is 0 Å². The Kier molecular flexibility index (Phi) is 3.22. The molecule has 1 heterocycles. The molecule has 2 rings (SSSR count). The summed E-state index contributed by atoms with van der Waals surface area (Å²) in [5.41, 5.74) is 5.93. The van der Waals surface area contributed by atoms with E-state index in [-0.39, 0.29) is 18.2 Å². The first kappa shape index (κ1) is 12.0. The monoisotopic (exact) mass is 249 g/mol. The quantitative estimate of drug-likeness (QED) is 0.847. The van der Waals surface area contributed by atoms with Gasteiger partial charge in [-0.15, -0.1) is 5.10 Å². The third kappa shape index (κ3) is 2.62. The fourth-order valence-electron chi connectivity index (χ4n) is 1.47. The Balaban J connectivity index is 2.05. The van der Waals surface area contributed by atoms with Crippen LogP contribution in [0.25, 0.3) is 0 Å². The topological polar surface area (TPSA) is 85.8 Å². The molecular formula is C11H12FN5O. The van der Waals surface area contributed by atoms with Crippen LogP contribution >= 0.6 is 0 Å². The van der Waals surface area contributed by atoms with Crippen molar-refractivity contribution in [1.82, 2.24) is 14.8 Å². The molecule has 6 nitrogen and oxygen atoms in total. The van der Waals surface area contributed by atoms with Crippen LogP contribution < -0.4 is 11.1 Å². The average Bonchev–Trinajstić information content (AvgIpc) is 2.70. The molecule has 18 heavy (non-hydrogen) atoms. The van der Waals surface area contributed by atoms with Crippen molar-refractivity contribution < 1.29 is 9.18 Å². The number of hydrogen-bond acceptors (Lipinski definition) is 4. The maximum atomic E-state index is 13.6. The molecule has 0 bridgehead atoms. The molecule has 2 aromatic rings. The normalized spacial score (nSPS) is 10.3. The molecule has 7 heteroatoms. The number of benzene rings is 1. The second-order valence-electron chi connectivity index (χ2n) is 3.78. The standard InChI is InChI=1S/C11H12FN5O/c1-7-3-2-4-8(10(7)12)15-9(18)5-17-6-14-11(13)16-17/h2-4,6H,5H2,1H3,(H2,13,16)(H,15,18). The molecule has 0 aliphatic heterocycles. The molecular weight excluding hydrogens is 237 g/mol. The van der Waals surface area contributed by atoms with Gasteiger partial charge in [0.15, 0.2) is 0 Å². The lowest BCUT2D eigenvalue weighted by molar-refractivity contribution is -0.116. The molecule has 0 atom stereocenters. The maximum Gasteiger partial charge on any atom is 0.246 e. The second kappa shape index (κ2) is 4.82. The summed E-state index contributed by atoms with van der Waals surface area (Å²) in [7, 11) is 0. The fourth-order valence-corrected chi connectivity index (χ4v) is 1.47. The zero-order valence-electron chi connectivity index (χ0n) is 9.72. The number of nitrogens with zero attached hydrogens (tertiary/aromatic N) is 3. The van der Waals surface area contributed by atoms with Crippen LogP contribution in [-0.4, -0.2) is 20.7 Å². The Morgan fingerprint density at radius 3 is 3.00 bits per heavy atom. The number of amides is 1. The first-order valence-corrected chi connectivity index (χ1v) is 5.26. The number of anilines is 2. The van der Waals surface area contributed by atoms with Gasteiger partial charge in [0.05, 0.1) is 5.69 Å². The Bertz CT molecular complexity index is 581. The van der Waals surface area contributed by atoms with Crippen LogP contribution in [0.3, 0.4) is 0 Å². The molecule has 0 radical (unpaired) electrons. The summed E-state index contributed by atoms with van der Waals surface area (Å²) < 4.78 is 14.9. The third-order valence-electron chi connectivity index (χ3n) is 2.33. The van der Waals surface area contributed by atoms with E-state index in [1.54, 1.807) is 19.1 Å². The lowest BCUT2D eigenvalue weighted by Crippen LogP contribution is -2.20. The number of nitrogens with two attached hydrogens (primary N) is 1. The first-order chi connectivity index (χ1) is 8.56. The van der Waals surface area contributed by atoms with Crippen LogP contribution in [0.1, 0.15) is 5.56 Å². The van der Waals surface area contributed by atoms with Crippen LogP contribution in [0.4, 0.5) is 16.0 Å². The van der Waals surface area contributed by atoms with Gasteiger partial charge < -0.3 is 11.1 Å². The molecule has 94 valence electrons. The maximum absolute atomic E-state index is 13.6. The van der Waals surface area contributed by atoms with E-state index in [1.807, 2.05) is 0 Å². The van der Waals surface area contributed by atoms with Gasteiger partial charge in [-0.1, -0.05) is 12.1 Å². The van der Waals surface area contributed by atoms with E-state index in [0.717, 1.165) is 0 Å². The number of aromatic nitrogens is 3. The summed E-state index contributed by atoms with van der Waals surface area (Å²) in [4.78, 5) is 15.3. The van der Waals surface area contributed by atoms with Crippen molar-refractivity contribution in [3.8, 4) is 0 Å². The number of rotatable bonds is 3.